The molecular formula is C62H106O20. The minimum atomic E-state index is -0.277. The molecule has 0 fully saturated rings. The number of rotatable bonds is 60. The zero-order chi connectivity index (χ0) is 60.2. The summed E-state index contributed by atoms with van der Waals surface area (Å²) in [5, 5.41) is 0. The van der Waals surface area contributed by atoms with E-state index in [-0.39, 0.29) is 85.4 Å². The Kier molecular flexibility index (Phi) is 55.3. The molecule has 0 radical (unpaired) electrons. The van der Waals surface area contributed by atoms with Crippen LogP contribution in [0.3, 0.4) is 0 Å². The number of hydrogen-bond donors (Lipinski definition) is 0. The smallest absolute Gasteiger partial charge is 0.305 e. The van der Waals surface area contributed by atoms with Crippen molar-refractivity contribution < 1.29 is 95.3 Å². The number of ether oxygens (including phenoxy) is 10. The van der Waals surface area contributed by atoms with E-state index < -0.39 is 0 Å². The number of carbonyl (C=O) groups is 10. The van der Waals surface area contributed by atoms with Gasteiger partial charge in [0.15, 0.2) is 0 Å². The van der Waals surface area contributed by atoms with Crippen LogP contribution in [0.5, 0.6) is 0 Å². The minimum absolute atomic E-state index is 0.173. The molecule has 0 spiro atoms. The Labute approximate surface area is 490 Å². The molecule has 0 saturated carbocycles. The van der Waals surface area contributed by atoms with Crippen molar-refractivity contribution in [2.45, 2.75) is 264 Å². The van der Waals surface area contributed by atoms with E-state index in [2.05, 4.69) is 0 Å². The second-order valence-electron chi connectivity index (χ2n) is 20.8. The summed E-state index contributed by atoms with van der Waals surface area (Å²) >= 11 is 0. The fourth-order valence-electron chi connectivity index (χ4n) is 8.05. The maximum Gasteiger partial charge on any atom is 0.305 e. The van der Waals surface area contributed by atoms with Crippen molar-refractivity contribution in [3.8, 4) is 0 Å². The quantitative estimate of drug-likeness (QED) is 0.0311. The van der Waals surface area contributed by atoms with Gasteiger partial charge in [-0.2, -0.15) is 0 Å². The van der Waals surface area contributed by atoms with Crippen LogP contribution in [0.2, 0.25) is 0 Å². The maximum atomic E-state index is 12.1. The van der Waals surface area contributed by atoms with E-state index in [4.69, 9.17) is 47.4 Å². The molecule has 0 heterocycles. The topological polar surface area (TPSA) is 263 Å². The van der Waals surface area contributed by atoms with Crippen molar-refractivity contribution in [3.63, 3.8) is 0 Å². The standard InChI is InChI=1S/C62H106O20/c1-53(63)33-13-3-24-44-74-55(65)35-15-5-26-46-76-57(67)37-17-7-28-48-78-59(69)39-19-9-30-50-80-61(71)41-21-11-32-52-82-62(72)42-22-12-31-51-81-60(70)40-20-10-29-49-79-58(68)38-18-8-27-47-77-56(66)36-16-6-25-45-75-54(64)34-14-4-23-43-73-2/h3-52H2,1-2H3. The molecule has 474 valence electrons. The summed E-state index contributed by atoms with van der Waals surface area (Å²) in [6.07, 6.45) is 25.0. The molecule has 0 N–H and O–H groups in total. The molecule has 0 aliphatic heterocycles. The molecule has 20 nitrogen and oxygen atoms in total. The molecule has 0 amide bonds. The first-order valence-electron chi connectivity index (χ1n) is 31.2. The predicted octanol–water partition coefficient (Wildman–Crippen LogP) is 11.7. The number of hydrogen-bond acceptors (Lipinski definition) is 20. The van der Waals surface area contributed by atoms with E-state index in [0.717, 1.165) is 89.9 Å². The Morgan fingerprint density at radius 3 is 0.451 bits per heavy atom. The van der Waals surface area contributed by atoms with E-state index in [1.54, 1.807) is 14.0 Å². The van der Waals surface area contributed by atoms with Crippen LogP contribution in [0, 0.1) is 0 Å². The van der Waals surface area contributed by atoms with E-state index in [9.17, 15) is 47.9 Å². The number of carbonyl (C=O) groups excluding carboxylic acids is 10. The Bertz CT molecular complexity index is 1680. The van der Waals surface area contributed by atoms with Gasteiger partial charge >= 0.3 is 53.7 Å². The first kappa shape index (κ1) is 76.9. The number of esters is 9. The summed E-state index contributed by atoms with van der Waals surface area (Å²) < 4.78 is 52.4. The molecule has 0 bridgehead atoms. The average Bonchev–Trinajstić information content (AvgIpc) is 3.44. The molecule has 0 saturated heterocycles. The Hall–Kier alpha value is -5.14. The Morgan fingerprint density at radius 2 is 0.317 bits per heavy atom. The molecule has 20 heteroatoms. The second kappa shape index (κ2) is 59.0. The highest BCUT2D eigenvalue weighted by molar-refractivity contribution is 5.75. The zero-order valence-corrected chi connectivity index (χ0v) is 50.5. The third-order valence-electron chi connectivity index (χ3n) is 13.0. The van der Waals surface area contributed by atoms with Crippen LogP contribution >= 0.6 is 0 Å². The fourth-order valence-corrected chi connectivity index (χ4v) is 8.05. The lowest BCUT2D eigenvalue weighted by Crippen LogP contribution is -2.09. The predicted molar refractivity (Wildman–Crippen MR) is 306 cm³/mol. The van der Waals surface area contributed by atoms with Crippen molar-refractivity contribution in [3.05, 3.63) is 0 Å². The largest absolute Gasteiger partial charge is 0.466 e. The maximum absolute atomic E-state index is 12.1. The van der Waals surface area contributed by atoms with E-state index in [0.29, 0.717) is 207 Å². The third-order valence-corrected chi connectivity index (χ3v) is 13.0. The lowest BCUT2D eigenvalue weighted by atomic mass is 10.1. The summed E-state index contributed by atoms with van der Waals surface area (Å²) in [5.74, 6) is -2.11. The van der Waals surface area contributed by atoms with Gasteiger partial charge in [0.2, 0.25) is 0 Å². The van der Waals surface area contributed by atoms with Gasteiger partial charge in [-0.1, -0.05) is 6.42 Å². The second-order valence-corrected chi connectivity index (χ2v) is 20.8. The molecule has 0 aromatic heterocycles. The van der Waals surface area contributed by atoms with Gasteiger partial charge in [0, 0.05) is 77.9 Å². The summed E-state index contributed by atoms with van der Waals surface area (Å²) in [6, 6.07) is 0. The van der Waals surface area contributed by atoms with Crippen LogP contribution < -0.4 is 0 Å². The van der Waals surface area contributed by atoms with Crippen LogP contribution in [-0.2, 0) is 95.3 Å². The van der Waals surface area contributed by atoms with Crippen molar-refractivity contribution in [2.24, 2.45) is 0 Å². The number of ketones is 1. The molecule has 82 heavy (non-hydrogen) atoms. The van der Waals surface area contributed by atoms with Gasteiger partial charge < -0.3 is 52.2 Å². The monoisotopic (exact) mass is 1170 g/mol. The van der Waals surface area contributed by atoms with E-state index in [1.807, 2.05) is 0 Å². The summed E-state index contributed by atoms with van der Waals surface area (Å²) in [7, 11) is 1.66. The first-order chi connectivity index (χ1) is 39.8. The summed E-state index contributed by atoms with van der Waals surface area (Å²) in [5.41, 5.74) is 0. The molecular weight excluding hydrogens is 1060 g/mol. The lowest BCUT2D eigenvalue weighted by Gasteiger charge is -2.07. The lowest BCUT2D eigenvalue weighted by molar-refractivity contribution is -0.146. The van der Waals surface area contributed by atoms with Gasteiger partial charge in [-0.15, -0.1) is 0 Å². The average molecular weight is 1170 g/mol. The Balaban J connectivity index is 3.50. The van der Waals surface area contributed by atoms with Gasteiger partial charge in [-0.05, 0) is 193 Å². The molecule has 0 rings (SSSR count). The number of methoxy groups -OCH3 is 1. The van der Waals surface area contributed by atoms with Crippen molar-refractivity contribution in [1.82, 2.24) is 0 Å². The van der Waals surface area contributed by atoms with E-state index >= 15 is 0 Å². The summed E-state index contributed by atoms with van der Waals surface area (Å²) in [4.78, 5) is 119. The normalized spacial score (nSPS) is 10.9. The highest BCUT2D eigenvalue weighted by atomic mass is 16.6. The molecule has 0 aromatic carbocycles. The van der Waals surface area contributed by atoms with Crippen molar-refractivity contribution in [2.75, 3.05) is 73.2 Å². The van der Waals surface area contributed by atoms with Crippen molar-refractivity contribution >= 4 is 59.5 Å². The van der Waals surface area contributed by atoms with Crippen LogP contribution in [0.25, 0.3) is 0 Å². The molecule has 0 unspecified atom stereocenters. The van der Waals surface area contributed by atoms with Gasteiger partial charge in [-0.3, -0.25) is 43.2 Å². The minimum Gasteiger partial charge on any atom is -0.466 e. The fraction of sp³-hybridized carbons (Fsp3) is 0.839. The van der Waals surface area contributed by atoms with Gasteiger partial charge in [0.25, 0.3) is 0 Å². The molecule has 0 aliphatic carbocycles. The van der Waals surface area contributed by atoms with E-state index in [1.165, 1.54) is 0 Å². The zero-order valence-electron chi connectivity index (χ0n) is 50.5. The molecule has 0 atom stereocenters. The van der Waals surface area contributed by atoms with Crippen LogP contribution in [0.15, 0.2) is 0 Å². The van der Waals surface area contributed by atoms with Crippen molar-refractivity contribution in [1.29, 1.82) is 0 Å². The summed E-state index contributed by atoms with van der Waals surface area (Å²) in [6.45, 7) is 5.12. The third kappa shape index (κ3) is 59.5. The Morgan fingerprint density at radius 1 is 0.183 bits per heavy atom. The SMILES string of the molecule is COCCCCCC(=O)OCCCCCC(=O)OCCCCCC(=O)OCCCCCC(=O)OCCCCCC(=O)OCCCCCC(=O)OCCCCCC(=O)OCCCCCC(=O)OCCCCCC(=O)OCCCCCC(C)=O. The van der Waals surface area contributed by atoms with Gasteiger partial charge in [-0.25, -0.2) is 0 Å². The highest BCUT2D eigenvalue weighted by Crippen LogP contribution is 2.12. The molecule has 0 aliphatic rings. The first-order valence-corrected chi connectivity index (χ1v) is 31.2. The number of Topliss-reactive ketones (excluding diaryl/α,β-unsaturated/α-hetero) is 1. The van der Waals surface area contributed by atoms with Crippen LogP contribution in [-0.4, -0.2) is 133 Å². The van der Waals surface area contributed by atoms with Gasteiger partial charge in [0.1, 0.15) is 5.78 Å². The number of unbranched alkanes of at least 4 members (excludes halogenated alkanes) is 20. The van der Waals surface area contributed by atoms with Crippen LogP contribution in [0.4, 0.5) is 0 Å². The van der Waals surface area contributed by atoms with Crippen LogP contribution in [0.1, 0.15) is 264 Å². The molecule has 0 aromatic rings. The highest BCUT2D eigenvalue weighted by Gasteiger charge is 2.11. The van der Waals surface area contributed by atoms with Gasteiger partial charge in [0.05, 0.1) is 59.5 Å².